The Morgan fingerprint density at radius 2 is 2.04 bits per heavy atom. The molecule has 0 aromatic heterocycles. The smallest absolute Gasteiger partial charge is 0.306 e. The molecule has 0 saturated heterocycles. The third kappa shape index (κ3) is 3.98. The maximum atomic E-state index is 11.0. The third-order valence-corrected chi connectivity index (χ3v) is 6.01. The number of nitrogens with zero attached hydrogens (tertiary/aromatic N) is 2. The lowest BCUT2D eigenvalue weighted by molar-refractivity contribution is -0.147. The number of hydrogen-bond acceptors (Lipinski definition) is 4. The number of rotatable bonds is 3. The minimum Gasteiger partial charge on any atom is -0.481 e. The van der Waals surface area contributed by atoms with E-state index in [9.17, 15) is 4.79 Å². The van der Waals surface area contributed by atoms with Crippen molar-refractivity contribution >= 4 is 12.2 Å². The first-order valence-electron chi connectivity index (χ1n) is 10.1. The molecule has 0 spiro atoms. The summed E-state index contributed by atoms with van der Waals surface area (Å²) in [6.07, 6.45) is 4.23. The van der Waals surface area contributed by atoms with Crippen molar-refractivity contribution in [2.45, 2.75) is 51.2 Å². The maximum absolute atomic E-state index is 11.0. The van der Waals surface area contributed by atoms with Gasteiger partial charge in [0.25, 0.3) is 0 Å². The van der Waals surface area contributed by atoms with Gasteiger partial charge in [-0.05, 0) is 42.4 Å². The van der Waals surface area contributed by atoms with Crippen molar-refractivity contribution in [2.75, 3.05) is 13.1 Å². The van der Waals surface area contributed by atoms with Crippen LogP contribution >= 0.6 is 0 Å². The molecule has 146 valence electrons. The highest BCUT2D eigenvalue weighted by Gasteiger charge is 2.39. The van der Waals surface area contributed by atoms with Crippen molar-refractivity contribution in [3.05, 3.63) is 46.7 Å². The lowest BCUT2D eigenvalue weighted by Crippen LogP contribution is -2.51. The molecule has 5 heteroatoms. The number of hydrogen-bond donors (Lipinski definition) is 2. The Hall–Kier alpha value is -2.58. The van der Waals surface area contributed by atoms with Crippen molar-refractivity contribution in [1.29, 1.82) is 0 Å². The van der Waals surface area contributed by atoms with Gasteiger partial charge in [0.15, 0.2) is 6.17 Å². The van der Waals surface area contributed by atoms with E-state index >= 15 is 0 Å². The van der Waals surface area contributed by atoms with Gasteiger partial charge in [-0.2, -0.15) is 0 Å². The molecule has 1 saturated carbocycles. The van der Waals surface area contributed by atoms with E-state index < -0.39 is 5.97 Å². The quantitative estimate of drug-likeness (QED) is 0.795. The monoisotopic (exact) mass is 377 g/mol. The van der Waals surface area contributed by atoms with E-state index in [0.717, 1.165) is 37.9 Å². The molecule has 1 aromatic rings. The molecule has 1 aliphatic carbocycles. The van der Waals surface area contributed by atoms with Gasteiger partial charge >= 0.3 is 5.97 Å². The Balaban J connectivity index is 1.34. The summed E-state index contributed by atoms with van der Waals surface area (Å²) in [4.78, 5) is 18.0. The molecule has 2 aliphatic heterocycles. The standard InChI is InChI=1S/C23H27N3O2/c1-15(2)17-6-3-16(4-7-17)5-8-22-24-13-19-14-26(10-9-21(19)25-22)20-11-18(12-20)23(27)28/h3-4,6-7,13,15,18,20,22,25H,9-12,14H2,1-2H3,(H,27,28). The Bertz CT molecular complexity index is 867. The second kappa shape index (κ2) is 7.81. The minimum absolute atomic E-state index is 0.159. The zero-order valence-electron chi connectivity index (χ0n) is 16.5. The van der Waals surface area contributed by atoms with E-state index in [1.54, 1.807) is 0 Å². The number of carbonyl (C=O) groups is 1. The molecule has 1 fully saturated rings. The summed E-state index contributed by atoms with van der Waals surface area (Å²) >= 11 is 0. The highest BCUT2D eigenvalue weighted by molar-refractivity contribution is 5.82. The molecule has 2 N–H and O–H groups in total. The summed E-state index contributed by atoms with van der Waals surface area (Å²) in [6.45, 7) is 6.19. The molecule has 5 nitrogen and oxygen atoms in total. The zero-order valence-corrected chi connectivity index (χ0v) is 16.5. The molecule has 1 unspecified atom stereocenters. The molecule has 4 rings (SSSR count). The molecule has 2 heterocycles. The van der Waals surface area contributed by atoms with E-state index in [4.69, 9.17) is 5.11 Å². The third-order valence-electron chi connectivity index (χ3n) is 6.01. The average molecular weight is 377 g/mol. The van der Waals surface area contributed by atoms with Crippen LogP contribution < -0.4 is 5.32 Å². The average Bonchev–Trinajstić information content (AvgIpc) is 2.65. The molecule has 1 atom stereocenters. The normalized spacial score (nSPS) is 26.8. The largest absolute Gasteiger partial charge is 0.481 e. The maximum Gasteiger partial charge on any atom is 0.306 e. The van der Waals surface area contributed by atoms with Gasteiger partial charge in [0.2, 0.25) is 0 Å². The summed E-state index contributed by atoms with van der Waals surface area (Å²) in [5, 5.41) is 12.5. The number of benzene rings is 1. The molecule has 28 heavy (non-hydrogen) atoms. The van der Waals surface area contributed by atoms with Crippen LogP contribution in [-0.4, -0.2) is 47.5 Å². The second-order valence-electron chi connectivity index (χ2n) is 8.26. The molecule has 1 aromatic carbocycles. The fraction of sp³-hybridized carbons (Fsp3) is 0.478. The topological polar surface area (TPSA) is 64.9 Å². The predicted molar refractivity (Wildman–Crippen MR) is 110 cm³/mol. The molecule has 0 radical (unpaired) electrons. The number of aliphatic carboxylic acids is 1. The second-order valence-corrected chi connectivity index (χ2v) is 8.26. The first kappa shape index (κ1) is 18.8. The van der Waals surface area contributed by atoms with Gasteiger partial charge in [0.05, 0.1) is 5.92 Å². The van der Waals surface area contributed by atoms with Crippen molar-refractivity contribution in [1.82, 2.24) is 10.2 Å². The first-order valence-corrected chi connectivity index (χ1v) is 10.1. The van der Waals surface area contributed by atoms with Crippen LogP contribution in [0.25, 0.3) is 0 Å². The SMILES string of the molecule is CC(C)c1ccc(C#CC2N=CC3=C(CCN(C4CC(C(=O)O)C4)C3)N2)cc1. The molecular formula is C23H27N3O2. The lowest BCUT2D eigenvalue weighted by atomic mass is 9.78. The number of carboxylic acids is 1. The molecule has 3 aliphatic rings. The Labute approximate surface area is 166 Å². The van der Waals surface area contributed by atoms with Gasteiger partial charge in [-0.3, -0.25) is 14.7 Å². The van der Waals surface area contributed by atoms with E-state index in [0.29, 0.717) is 12.0 Å². The van der Waals surface area contributed by atoms with Crippen LogP contribution in [0.2, 0.25) is 0 Å². The lowest BCUT2D eigenvalue weighted by Gasteiger charge is -2.44. The fourth-order valence-electron chi connectivity index (χ4n) is 4.04. The van der Waals surface area contributed by atoms with Crippen molar-refractivity contribution < 1.29 is 9.90 Å². The van der Waals surface area contributed by atoms with Gasteiger partial charge in [-0.15, -0.1) is 0 Å². The Morgan fingerprint density at radius 3 is 2.71 bits per heavy atom. The van der Waals surface area contributed by atoms with Crippen LogP contribution in [0, 0.1) is 17.8 Å². The molecule has 0 amide bonds. The van der Waals surface area contributed by atoms with E-state index in [1.165, 1.54) is 16.8 Å². The number of aliphatic imine (C=N–C) groups is 1. The highest BCUT2D eigenvalue weighted by Crippen LogP contribution is 2.34. The van der Waals surface area contributed by atoms with E-state index in [-0.39, 0.29) is 12.1 Å². The summed E-state index contributed by atoms with van der Waals surface area (Å²) in [6, 6.07) is 8.81. The predicted octanol–water partition coefficient (Wildman–Crippen LogP) is 2.98. The van der Waals surface area contributed by atoms with Crippen LogP contribution in [0.1, 0.15) is 50.2 Å². The van der Waals surface area contributed by atoms with Gasteiger partial charge in [0.1, 0.15) is 0 Å². The fourth-order valence-corrected chi connectivity index (χ4v) is 4.04. The van der Waals surface area contributed by atoms with E-state index in [2.05, 4.69) is 65.2 Å². The first-order chi connectivity index (χ1) is 13.5. The van der Waals surface area contributed by atoms with Crippen LogP contribution in [0.5, 0.6) is 0 Å². The summed E-state index contributed by atoms with van der Waals surface area (Å²) in [5.74, 6) is 6.15. The molecule has 0 bridgehead atoms. The van der Waals surface area contributed by atoms with Crippen LogP contribution in [0.15, 0.2) is 40.5 Å². The van der Waals surface area contributed by atoms with Crippen molar-refractivity contribution in [2.24, 2.45) is 10.9 Å². The number of carboxylic acid groups (broad SMARTS) is 1. The summed E-state index contributed by atoms with van der Waals surface area (Å²) < 4.78 is 0. The van der Waals surface area contributed by atoms with E-state index in [1.807, 2.05) is 6.21 Å². The van der Waals surface area contributed by atoms with Crippen LogP contribution in [-0.2, 0) is 4.79 Å². The zero-order chi connectivity index (χ0) is 19.7. The minimum atomic E-state index is -0.658. The van der Waals surface area contributed by atoms with Gasteiger partial charge in [-0.1, -0.05) is 31.9 Å². The summed E-state index contributed by atoms with van der Waals surface area (Å²) in [5.41, 5.74) is 4.77. The Kier molecular flexibility index (Phi) is 5.23. The Morgan fingerprint density at radius 1 is 1.29 bits per heavy atom. The number of nitrogens with one attached hydrogen (secondary N) is 1. The van der Waals surface area contributed by atoms with Gasteiger partial charge in [-0.25, -0.2) is 0 Å². The van der Waals surface area contributed by atoms with Crippen molar-refractivity contribution in [3.63, 3.8) is 0 Å². The van der Waals surface area contributed by atoms with Crippen LogP contribution in [0.4, 0.5) is 0 Å². The molecular weight excluding hydrogens is 350 g/mol. The van der Waals surface area contributed by atoms with Gasteiger partial charge < -0.3 is 10.4 Å². The van der Waals surface area contributed by atoms with Crippen LogP contribution in [0.3, 0.4) is 0 Å². The van der Waals surface area contributed by atoms with Crippen molar-refractivity contribution in [3.8, 4) is 11.8 Å². The summed E-state index contributed by atoms with van der Waals surface area (Å²) in [7, 11) is 0. The van der Waals surface area contributed by atoms with Gasteiger partial charge in [0, 0.05) is 48.6 Å². The highest BCUT2D eigenvalue weighted by atomic mass is 16.4.